The maximum Gasteiger partial charge on any atom is 0.212 e. The van der Waals surface area contributed by atoms with Crippen LogP contribution in [0.4, 0.5) is 0 Å². The van der Waals surface area contributed by atoms with E-state index in [9.17, 15) is 0 Å². The molecule has 1 aromatic heterocycles. The maximum atomic E-state index is 5.48. The van der Waals surface area contributed by atoms with Crippen molar-refractivity contribution in [2.45, 2.75) is 26.3 Å². The average Bonchev–Trinajstić information content (AvgIpc) is 2.26. The summed E-state index contributed by atoms with van der Waals surface area (Å²) in [4.78, 5) is 4.15. The third kappa shape index (κ3) is 3.49. The molecule has 0 saturated carbocycles. The van der Waals surface area contributed by atoms with Gasteiger partial charge in [-0.1, -0.05) is 19.9 Å². The molecule has 0 bridgehead atoms. The highest BCUT2D eigenvalue weighted by atomic mass is 16.5. The van der Waals surface area contributed by atoms with E-state index in [2.05, 4.69) is 24.3 Å². The van der Waals surface area contributed by atoms with Crippen molar-refractivity contribution < 1.29 is 4.74 Å². The summed E-state index contributed by atoms with van der Waals surface area (Å²) in [5, 5.41) is 0. The number of rotatable bonds is 5. The van der Waals surface area contributed by atoms with Gasteiger partial charge in [0, 0.05) is 18.3 Å². The van der Waals surface area contributed by atoms with Gasteiger partial charge < -0.3 is 4.74 Å². The van der Waals surface area contributed by atoms with Crippen molar-refractivity contribution in [3.63, 3.8) is 0 Å². The molecule has 0 amide bonds. The Hall–Kier alpha value is -1.13. The van der Waals surface area contributed by atoms with E-state index >= 15 is 0 Å². The molecule has 0 spiro atoms. The Labute approximate surface area is 90.8 Å². The van der Waals surface area contributed by atoms with Crippen molar-refractivity contribution in [3.05, 3.63) is 23.9 Å². The number of nitrogens with one attached hydrogen (secondary N) is 1. The molecular weight excluding hydrogens is 190 g/mol. The number of hydrogen-bond donors (Lipinski definition) is 2. The van der Waals surface area contributed by atoms with Crippen LogP contribution < -0.4 is 16.0 Å². The second-order valence-corrected chi connectivity index (χ2v) is 3.93. The van der Waals surface area contributed by atoms with E-state index in [0.29, 0.717) is 11.8 Å². The number of methoxy groups -OCH3 is 1. The van der Waals surface area contributed by atoms with Crippen molar-refractivity contribution in [3.8, 4) is 5.88 Å². The van der Waals surface area contributed by atoms with Gasteiger partial charge >= 0.3 is 0 Å². The van der Waals surface area contributed by atoms with Crippen LogP contribution in [0.25, 0.3) is 0 Å². The van der Waals surface area contributed by atoms with Gasteiger partial charge in [0.15, 0.2) is 0 Å². The molecule has 4 nitrogen and oxygen atoms in total. The van der Waals surface area contributed by atoms with Gasteiger partial charge in [-0.2, -0.15) is 0 Å². The molecule has 1 unspecified atom stereocenters. The molecule has 0 aliphatic heterocycles. The zero-order valence-corrected chi connectivity index (χ0v) is 9.53. The van der Waals surface area contributed by atoms with Crippen LogP contribution in [0, 0.1) is 5.92 Å². The SMILES string of the molecule is COc1ccc(CC(NN)C(C)C)cn1. The van der Waals surface area contributed by atoms with Gasteiger partial charge in [-0.15, -0.1) is 0 Å². The van der Waals surface area contributed by atoms with Crippen LogP contribution in [-0.2, 0) is 6.42 Å². The zero-order valence-electron chi connectivity index (χ0n) is 9.53. The van der Waals surface area contributed by atoms with E-state index in [4.69, 9.17) is 10.6 Å². The quantitative estimate of drug-likeness (QED) is 0.563. The van der Waals surface area contributed by atoms with Gasteiger partial charge in [0.05, 0.1) is 7.11 Å². The standard InChI is InChI=1S/C11H19N3O/c1-8(2)10(14-12)6-9-4-5-11(15-3)13-7-9/h4-5,7-8,10,14H,6,12H2,1-3H3. The molecule has 1 aromatic rings. The molecular formula is C11H19N3O. The largest absolute Gasteiger partial charge is 0.481 e. The van der Waals surface area contributed by atoms with Crippen molar-refractivity contribution in [2.75, 3.05) is 7.11 Å². The minimum Gasteiger partial charge on any atom is -0.481 e. The zero-order chi connectivity index (χ0) is 11.3. The van der Waals surface area contributed by atoms with Crippen molar-refractivity contribution in [1.82, 2.24) is 10.4 Å². The Bertz CT molecular complexity index is 284. The predicted octanol–water partition coefficient (Wildman–Crippen LogP) is 1.12. The Kier molecular flexibility index (Phi) is 4.52. The summed E-state index contributed by atoms with van der Waals surface area (Å²) >= 11 is 0. The van der Waals surface area contributed by atoms with Gasteiger partial charge in [-0.3, -0.25) is 11.3 Å². The van der Waals surface area contributed by atoms with E-state index in [1.165, 1.54) is 0 Å². The summed E-state index contributed by atoms with van der Waals surface area (Å²) in [5.41, 5.74) is 3.98. The van der Waals surface area contributed by atoms with E-state index in [1.807, 2.05) is 18.3 Å². The summed E-state index contributed by atoms with van der Waals surface area (Å²) in [5.74, 6) is 6.62. The number of ether oxygens (including phenoxy) is 1. The lowest BCUT2D eigenvalue weighted by Crippen LogP contribution is -2.40. The molecule has 1 rings (SSSR count). The van der Waals surface area contributed by atoms with Crippen LogP contribution in [0.2, 0.25) is 0 Å². The molecule has 1 atom stereocenters. The summed E-state index contributed by atoms with van der Waals surface area (Å²) in [7, 11) is 1.61. The molecule has 4 heteroatoms. The Balaban J connectivity index is 2.63. The third-order valence-electron chi connectivity index (χ3n) is 2.48. The van der Waals surface area contributed by atoms with Crippen LogP contribution in [0.15, 0.2) is 18.3 Å². The minimum atomic E-state index is 0.278. The fourth-order valence-electron chi connectivity index (χ4n) is 1.39. The molecule has 1 heterocycles. The van der Waals surface area contributed by atoms with Gasteiger partial charge in [0.25, 0.3) is 0 Å². The first-order valence-corrected chi connectivity index (χ1v) is 5.12. The van der Waals surface area contributed by atoms with Crippen molar-refractivity contribution >= 4 is 0 Å². The summed E-state index contributed by atoms with van der Waals surface area (Å²) in [6.45, 7) is 4.28. The molecule has 84 valence electrons. The smallest absolute Gasteiger partial charge is 0.212 e. The fourth-order valence-corrected chi connectivity index (χ4v) is 1.39. The normalized spacial score (nSPS) is 12.9. The predicted molar refractivity (Wildman–Crippen MR) is 60.4 cm³/mol. The van der Waals surface area contributed by atoms with Gasteiger partial charge in [0.1, 0.15) is 0 Å². The van der Waals surface area contributed by atoms with Crippen LogP contribution >= 0.6 is 0 Å². The van der Waals surface area contributed by atoms with Crippen LogP contribution in [-0.4, -0.2) is 18.1 Å². The summed E-state index contributed by atoms with van der Waals surface area (Å²) in [6, 6.07) is 4.15. The van der Waals surface area contributed by atoms with Crippen molar-refractivity contribution in [2.24, 2.45) is 11.8 Å². The molecule has 0 aliphatic carbocycles. The number of hydrazine groups is 1. The Morgan fingerprint density at radius 1 is 1.47 bits per heavy atom. The molecule has 0 aliphatic rings. The number of aromatic nitrogens is 1. The molecule has 0 fully saturated rings. The molecule has 0 saturated heterocycles. The first-order valence-electron chi connectivity index (χ1n) is 5.12. The van der Waals surface area contributed by atoms with Gasteiger partial charge in [-0.05, 0) is 17.9 Å². The third-order valence-corrected chi connectivity index (χ3v) is 2.48. The van der Waals surface area contributed by atoms with Crippen molar-refractivity contribution in [1.29, 1.82) is 0 Å². The van der Waals surface area contributed by atoms with Gasteiger partial charge in [-0.25, -0.2) is 4.98 Å². The first kappa shape index (κ1) is 11.9. The number of nitrogens with zero attached hydrogens (tertiary/aromatic N) is 1. The van der Waals surface area contributed by atoms with Crippen LogP contribution in [0.3, 0.4) is 0 Å². The highest BCUT2D eigenvalue weighted by Crippen LogP contribution is 2.11. The van der Waals surface area contributed by atoms with Crippen LogP contribution in [0.5, 0.6) is 5.88 Å². The number of nitrogens with two attached hydrogens (primary N) is 1. The fraction of sp³-hybridized carbons (Fsp3) is 0.545. The highest BCUT2D eigenvalue weighted by molar-refractivity contribution is 5.18. The Morgan fingerprint density at radius 2 is 2.20 bits per heavy atom. The highest BCUT2D eigenvalue weighted by Gasteiger charge is 2.11. The lowest BCUT2D eigenvalue weighted by atomic mass is 9.98. The molecule has 15 heavy (non-hydrogen) atoms. The molecule has 0 aromatic carbocycles. The van der Waals surface area contributed by atoms with Gasteiger partial charge in [0.2, 0.25) is 5.88 Å². The summed E-state index contributed by atoms with van der Waals surface area (Å²) < 4.78 is 5.00. The topological polar surface area (TPSA) is 60.2 Å². The van der Waals surface area contributed by atoms with E-state index < -0.39 is 0 Å². The second-order valence-electron chi connectivity index (χ2n) is 3.93. The Morgan fingerprint density at radius 3 is 2.60 bits per heavy atom. The maximum absolute atomic E-state index is 5.48. The first-order chi connectivity index (χ1) is 7.17. The average molecular weight is 209 g/mol. The second kappa shape index (κ2) is 5.68. The van der Waals surface area contributed by atoms with Crippen LogP contribution in [0.1, 0.15) is 19.4 Å². The van der Waals surface area contributed by atoms with E-state index in [-0.39, 0.29) is 6.04 Å². The molecule has 0 radical (unpaired) electrons. The summed E-state index contributed by atoms with van der Waals surface area (Å²) in [6.07, 6.45) is 2.71. The molecule has 3 N–H and O–H groups in total. The lowest BCUT2D eigenvalue weighted by Gasteiger charge is -2.19. The monoisotopic (exact) mass is 209 g/mol. The van der Waals surface area contributed by atoms with E-state index in [0.717, 1.165) is 12.0 Å². The van der Waals surface area contributed by atoms with E-state index in [1.54, 1.807) is 7.11 Å². The lowest BCUT2D eigenvalue weighted by molar-refractivity contribution is 0.393. The number of pyridine rings is 1. The minimum absolute atomic E-state index is 0.278. The number of hydrogen-bond acceptors (Lipinski definition) is 4.